The van der Waals surface area contributed by atoms with Crippen LogP contribution >= 0.6 is 11.6 Å². The summed E-state index contributed by atoms with van der Waals surface area (Å²) in [6.45, 7) is 3.42. The molecule has 1 fully saturated rings. The maximum atomic E-state index is 13.4. The van der Waals surface area contributed by atoms with Crippen LogP contribution in [0.25, 0.3) is 16.6 Å². The van der Waals surface area contributed by atoms with Gasteiger partial charge >= 0.3 is 0 Å². The smallest absolute Gasteiger partial charge is 0.260 e. The Hall–Kier alpha value is -3.93. The van der Waals surface area contributed by atoms with Gasteiger partial charge < -0.3 is 24.9 Å². The van der Waals surface area contributed by atoms with E-state index in [4.69, 9.17) is 21.1 Å². The summed E-state index contributed by atoms with van der Waals surface area (Å²) in [5.41, 5.74) is 0.572. The standard InChI is InChI=1S/C25H25ClN6O5/c1-14-21(26)17-12-15(4-5-18(17)28-14)29-24(34)25(2,35)22-23(33)31(10-11-37-22)19-7-9-32(30-19)16-6-8-27-20(13-16)36-3/h4-9,12-13,22,28,35H,10-11H2,1-3H3,(H,29,34)/t22-,25?/m0/s1. The second kappa shape index (κ2) is 9.51. The number of aromatic nitrogens is 4. The molecule has 12 heteroatoms. The molecule has 4 heterocycles. The number of fused-ring (bicyclic) bond motifs is 1. The van der Waals surface area contributed by atoms with Gasteiger partial charge in [-0.15, -0.1) is 5.10 Å². The summed E-state index contributed by atoms with van der Waals surface area (Å²) >= 11 is 6.33. The number of hydrogen-bond donors (Lipinski definition) is 3. The van der Waals surface area contributed by atoms with Crippen LogP contribution < -0.4 is 15.0 Å². The van der Waals surface area contributed by atoms with Crippen LogP contribution in [0, 0.1) is 6.92 Å². The van der Waals surface area contributed by atoms with Crippen LogP contribution in [-0.2, 0) is 14.3 Å². The van der Waals surface area contributed by atoms with E-state index in [1.54, 1.807) is 53.5 Å². The van der Waals surface area contributed by atoms with Crippen LogP contribution in [-0.4, -0.2) is 68.6 Å². The van der Waals surface area contributed by atoms with E-state index in [2.05, 4.69) is 20.4 Å². The first-order valence-electron chi connectivity index (χ1n) is 11.5. The molecule has 1 saturated heterocycles. The van der Waals surface area contributed by atoms with E-state index in [1.807, 2.05) is 6.92 Å². The average Bonchev–Trinajstić information content (AvgIpc) is 3.49. The molecule has 0 aliphatic carbocycles. The van der Waals surface area contributed by atoms with Gasteiger partial charge in [0.05, 0.1) is 31.0 Å². The quantitative estimate of drug-likeness (QED) is 0.353. The van der Waals surface area contributed by atoms with Gasteiger partial charge in [0.1, 0.15) is 0 Å². The average molecular weight is 525 g/mol. The van der Waals surface area contributed by atoms with E-state index in [-0.39, 0.29) is 13.2 Å². The Morgan fingerprint density at radius 2 is 2.14 bits per heavy atom. The van der Waals surface area contributed by atoms with E-state index in [1.165, 1.54) is 18.9 Å². The highest BCUT2D eigenvalue weighted by atomic mass is 35.5. The molecule has 3 N–H and O–H groups in total. The molecule has 2 amide bonds. The fourth-order valence-corrected chi connectivity index (χ4v) is 4.42. The van der Waals surface area contributed by atoms with Crippen LogP contribution in [0.4, 0.5) is 11.5 Å². The third-order valence-corrected chi connectivity index (χ3v) is 6.76. The van der Waals surface area contributed by atoms with Crippen molar-refractivity contribution in [1.82, 2.24) is 19.7 Å². The fraction of sp³-hybridized carbons (Fsp3) is 0.280. The lowest BCUT2D eigenvalue weighted by Crippen LogP contribution is -2.61. The number of methoxy groups -OCH3 is 1. The van der Waals surface area contributed by atoms with Gasteiger partial charge in [0.15, 0.2) is 17.5 Å². The van der Waals surface area contributed by atoms with Gasteiger partial charge in [-0.2, -0.15) is 0 Å². The van der Waals surface area contributed by atoms with Crippen molar-refractivity contribution in [3.63, 3.8) is 0 Å². The predicted octanol–water partition coefficient (Wildman–Crippen LogP) is 2.84. The van der Waals surface area contributed by atoms with Crippen LogP contribution in [0.3, 0.4) is 0 Å². The minimum Gasteiger partial charge on any atom is -0.481 e. The molecular formula is C25H25ClN6O5. The molecule has 2 atom stereocenters. The number of hydrogen-bond acceptors (Lipinski definition) is 7. The van der Waals surface area contributed by atoms with E-state index >= 15 is 0 Å². The van der Waals surface area contributed by atoms with Crippen LogP contribution in [0.1, 0.15) is 12.6 Å². The van der Waals surface area contributed by atoms with Crippen LogP contribution in [0.2, 0.25) is 5.02 Å². The number of aromatic amines is 1. The minimum absolute atomic E-state index is 0.111. The van der Waals surface area contributed by atoms with Crippen molar-refractivity contribution in [1.29, 1.82) is 0 Å². The SMILES string of the molecule is COc1cc(-n2ccc(N3CCO[C@H](C(C)(O)C(=O)Nc4ccc5[nH]c(C)c(Cl)c5c4)C3=O)n2)ccn1. The Morgan fingerprint density at radius 1 is 1.32 bits per heavy atom. The summed E-state index contributed by atoms with van der Waals surface area (Å²) in [5, 5.41) is 19.6. The number of rotatable bonds is 6. The Bertz CT molecular complexity index is 1500. The largest absolute Gasteiger partial charge is 0.481 e. The molecule has 11 nitrogen and oxygen atoms in total. The fourth-order valence-electron chi connectivity index (χ4n) is 4.22. The molecule has 1 unspecified atom stereocenters. The first-order valence-corrected chi connectivity index (χ1v) is 11.9. The zero-order valence-corrected chi connectivity index (χ0v) is 21.1. The number of carbonyl (C=O) groups excluding carboxylic acids is 2. The number of amides is 2. The Balaban J connectivity index is 1.34. The molecule has 37 heavy (non-hydrogen) atoms. The van der Waals surface area contributed by atoms with Gasteiger partial charge in [-0.05, 0) is 38.1 Å². The summed E-state index contributed by atoms with van der Waals surface area (Å²) < 4.78 is 12.3. The normalized spacial score (nSPS) is 17.6. The van der Waals surface area contributed by atoms with Gasteiger partial charge in [0, 0.05) is 46.8 Å². The van der Waals surface area contributed by atoms with E-state index in [9.17, 15) is 14.7 Å². The summed E-state index contributed by atoms with van der Waals surface area (Å²) in [6, 6.07) is 10.3. The van der Waals surface area contributed by atoms with E-state index in [0.717, 1.165) is 16.6 Å². The lowest BCUT2D eigenvalue weighted by Gasteiger charge is -2.37. The second-order valence-electron chi connectivity index (χ2n) is 8.84. The maximum Gasteiger partial charge on any atom is 0.260 e. The Labute approximate surface area is 216 Å². The number of morpholine rings is 1. The Morgan fingerprint density at radius 3 is 2.92 bits per heavy atom. The monoisotopic (exact) mass is 524 g/mol. The number of carbonyl (C=O) groups is 2. The van der Waals surface area contributed by atoms with Gasteiger partial charge in [-0.3, -0.25) is 14.5 Å². The molecule has 3 aromatic heterocycles. The van der Waals surface area contributed by atoms with Gasteiger partial charge in [-0.25, -0.2) is 9.67 Å². The Kier molecular flexibility index (Phi) is 6.36. The molecule has 0 spiro atoms. The number of aliphatic hydroxyl groups is 1. The van der Waals surface area contributed by atoms with Gasteiger partial charge in [0.25, 0.3) is 11.8 Å². The number of anilines is 2. The number of benzene rings is 1. The molecule has 4 aromatic rings. The zero-order chi connectivity index (χ0) is 26.3. The van der Waals surface area contributed by atoms with Crippen LogP contribution in [0.15, 0.2) is 48.8 Å². The summed E-state index contributed by atoms with van der Waals surface area (Å²) in [7, 11) is 1.52. The van der Waals surface area contributed by atoms with Crippen LogP contribution in [0.5, 0.6) is 5.88 Å². The first-order chi connectivity index (χ1) is 17.7. The highest BCUT2D eigenvalue weighted by Crippen LogP contribution is 2.30. The number of H-pyrrole nitrogens is 1. The van der Waals surface area contributed by atoms with E-state index < -0.39 is 23.5 Å². The lowest BCUT2D eigenvalue weighted by atomic mass is 9.95. The summed E-state index contributed by atoms with van der Waals surface area (Å²) in [5.74, 6) is -0.589. The zero-order valence-electron chi connectivity index (χ0n) is 20.4. The highest BCUT2D eigenvalue weighted by Gasteiger charge is 2.48. The minimum atomic E-state index is -2.16. The topological polar surface area (TPSA) is 135 Å². The molecule has 0 saturated carbocycles. The molecule has 0 bridgehead atoms. The lowest BCUT2D eigenvalue weighted by molar-refractivity contribution is -0.165. The number of nitrogens with one attached hydrogen (secondary N) is 2. The summed E-state index contributed by atoms with van der Waals surface area (Å²) in [6.07, 6.45) is 1.84. The third kappa shape index (κ3) is 4.52. The van der Waals surface area contributed by atoms with Crippen molar-refractivity contribution in [2.75, 3.05) is 30.5 Å². The van der Waals surface area contributed by atoms with Crippen molar-refractivity contribution in [2.24, 2.45) is 0 Å². The molecule has 0 radical (unpaired) electrons. The molecule has 192 valence electrons. The number of aryl methyl sites for hydroxylation is 1. The molecule has 1 aliphatic heterocycles. The van der Waals surface area contributed by atoms with Crippen molar-refractivity contribution < 1.29 is 24.2 Å². The second-order valence-corrected chi connectivity index (χ2v) is 9.22. The summed E-state index contributed by atoms with van der Waals surface area (Å²) in [4.78, 5) is 35.1. The molecule has 5 rings (SSSR count). The van der Waals surface area contributed by atoms with Crippen molar-refractivity contribution in [3.8, 4) is 11.6 Å². The van der Waals surface area contributed by atoms with Gasteiger partial charge in [-0.1, -0.05) is 11.6 Å². The van der Waals surface area contributed by atoms with Crippen molar-refractivity contribution in [3.05, 3.63) is 59.5 Å². The molecule has 1 aromatic carbocycles. The first kappa shape index (κ1) is 24.8. The molecular weight excluding hydrogens is 500 g/mol. The maximum absolute atomic E-state index is 13.4. The highest BCUT2D eigenvalue weighted by molar-refractivity contribution is 6.36. The third-order valence-electron chi connectivity index (χ3n) is 6.27. The molecule has 1 aliphatic rings. The number of nitrogens with zero attached hydrogens (tertiary/aromatic N) is 4. The van der Waals surface area contributed by atoms with Crippen molar-refractivity contribution in [2.45, 2.75) is 25.6 Å². The predicted molar refractivity (Wildman–Crippen MR) is 137 cm³/mol. The van der Waals surface area contributed by atoms with Crippen molar-refractivity contribution >= 4 is 45.8 Å². The van der Waals surface area contributed by atoms with Gasteiger partial charge in [0.2, 0.25) is 5.88 Å². The van der Waals surface area contributed by atoms with E-state index in [0.29, 0.717) is 28.1 Å². The number of halogens is 1. The number of ether oxygens (including phenoxy) is 2. The number of pyridine rings is 1.